The predicted molar refractivity (Wildman–Crippen MR) is 46.7 cm³/mol. The molecule has 0 radical (unpaired) electrons. The van der Waals surface area contributed by atoms with E-state index in [4.69, 9.17) is 0 Å². The molecule has 11 heavy (non-hydrogen) atoms. The van der Waals surface area contributed by atoms with Crippen LogP contribution in [0.25, 0.3) is 0 Å². The Morgan fingerprint density at radius 1 is 1.27 bits per heavy atom. The smallest absolute Gasteiger partial charge is 0.406 e. The summed E-state index contributed by atoms with van der Waals surface area (Å²) in [6, 6.07) is 0. The van der Waals surface area contributed by atoms with Crippen LogP contribution in [-0.4, -0.2) is 19.7 Å². The van der Waals surface area contributed by atoms with Gasteiger partial charge in [-0.1, -0.05) is 26.7 Å². The standard InChI is InChI=1S/C4H9NO2.C4H10/c1-3-5-4(6)7-2;1-3-4-2/h3H2,1-2H3,(H,5,6);3-4H2,1-2H3. The fourth-order valence-corrected chi connectivity index (χ4v) is 0.217. The van der Waals surface area contributed by atoms with Crippen LogP contribution in [-0.2, 0) is 4.74 Å². The zero-order valence-electron chi connectivity index (χ0n) is 7.94. The number of hydrogen-bond donors (Lipinski definition) is 1. The molecule has 0 rings (SSSR count). The van der Waals surface area contributed by atoms with Crippen molar-refractivity contribution >= 4 is 6.09 Å². The summed E-state index contributed by atoms with van der Waals surface area (Å²) in [5.74, 6) is 0. The van der Waals surface area contributed by atoms with Gasteiger partial charge in [0.25, 0.3) is 0 Å². The van der Waals surface area contributed by atoms with Crippen molar-refractivity contribution in [3.05, 3.63) is 0 Å². The van der Waals surface area contributed by atoms with E-state index >= 15 is 0 Å². The van der Waals surface area contributed by atoms with Crippen LogP contribution in [0.2, 0.25) is 0 Å². The van der Waals surface area contributed by atoms with Crippen LogP contribution < -0.4 is 5.32 Å². The molecule has 3 heteroatoms. The second-order valence-electron chi connectivity index (χ2n) is 2.02. The fourth-order valence-electron chi connectivity index (χ4n) is 0.217. The lowest BCUT2D eigenvalue weighted by molar-refractivity contribution is 0.171. The average Bonchev–Trinajstić information content (AvgIpc) is 2.05. The van der Waals surface area contributed by atoms with Crippen LogP contribution in [0.3, 0.4) is 0 Å². The summed E-state index contributed by atoms with van der Waals surface area (Å²) < 4.78 is 4.24. The molecule has 0 atom stereocenters. The fraction of sp³-hybridized carbons (Fsp3) is 0.875. The normalized spacial score (nSPS) is 7.64. The topological polar surface area (TPSA) is 38.3 Å². The molecule has 0 aromatic heterocycles. The Kier molecular flexibility index (Phi) is 14.1. The summed E-state index contributed by atoms with van der Waals surface area (Å²) in [6.07, 6.45) is 2.27. The lowest BCUT2D eigenvalue weighted by Gasteiger charge is -1.95. The van der Waals surface area contributed by atoms with Gasteiger partial charge in [-0.15, -0.1) is 0 Å². The van der Waals surface area contributed by atoms with Crippen molar-refractivity contribution in [2.45, 2.75) is 33.6 Å². The minimum atomic E-state index is -0.373. The summed E-state index contributed by atoms with van der Waals surface area (Å²) in [5, 5.41) is 2.43. The molecule has 0 aromatic carbocycles. The van der Waals surface area contributed by atoms with Crippen LogP contribution in [0, 0.1) is 0 Å². The lowest BCUT2D eigenvalue weighted by Crippen LogP contribution is -2.21. The Morgan fingerprint density at radius 3 is 1.82 bits per heavy atom. The maximum atomic E-state index is 10.1. The molecular weight excluding hydrogens is 142 g/mol. The van der Waals surface area contributed by atoms with E-state index in [1.54, 1.807) is 0 Å². The van der Waals surface area contributed by atoms with E-state index in [0.29, 0.717) is 6.54 Å². The first-order valence-electron chi connectivity index (χ1n) is 4.04. The van der Waals surface area contributed by atoms with Gasteiger partial charge in [-0.3, -0.25) is 0 Å². The van der Waals surface area contributed by atoms with Crippen LogP contribution >= 0.6 is 0 Å². The highest BCUT2D eigenvalue weighted by atomic mass is 16.5. The largest absolute Gasteiger partial charge is 0.453 e. The van der Waals surface area contributed by atoms with Gasteiger partial charge in [0.05, 0.1) is 7.11 Å². The molecule has 0 saturated heterocycles. The molecule has 3 nitrogen and oxygen atoms in total. The van der Waals surface area contributed by atoms with E-state index in [0.717, 1.165) is 0 Å². The van der Waals surface area contributed by atoms with Gasteiger partial charge in [-0.2, -0.15) is 0 Å². The van der Waals surface area contributed by atoms with Crippen molar-refractivity contribution in [2.75, 3.05) is 13.7 Å². The number of carbonyl (C=O) groups excluding carboxylic acids is 1. The van der Waals surface area contributed by atoms with Gasteiger partial charge in [0.1, 0.15) is 0 Å². The maximum absolute atomic E-state index is 10.1. The van der Waals surface area contributed by atoms with Crippen LogP contribution in [0.5, 0.6) is 0 Å². The second-order valence-corrected chi connectivity index (χ2v) is 2.02. The first kappa shape index (κ1) is 12.9. The van der Waals surface area contributed by atoms with E-state index in [1.807, 2.05) is 6.92 Å². The van der Waals surface area contributed by atoms with Crippen molar-refractivity contribution in [1.82, 2.24) is 5.32 Å². The summed E-state index contributed by atoms with van der Waals surface area (Å²) in [6.45, 7) is 6.81. The van der Waals surface area contributed by atoms with Crippen molar-refractivity contribution in [3.8, 4) is 0 Å². The number of unbranched alkanes of at least 4 members (excludes halogenated alkanes) is 1. The number of hydrogen-bond acceptors (Lipinski definition) is 2. The number of rotatable bonds is 2. The highest BCUT2D eigenvalue weighted by molar-refractivity contribution is 5.66. The first-order chi connectivity index (χ1) is 5.22. The molecule has 0 unspecified atom stereocenters. The maximum Gasteiger partial charge on any atom is 0.406 e. The SMILES string of the molecule is CCCC.CCNC(=O)OC. The molecule has 1 N–H and O–H groups in total. The molecule has 0 spiro atoms. The molecule has 0 heterocycles. The highest BCUT2D eigenvalue weighted by Gasteiger charge is 1.89. The van der Waals surface area contributed by atoms with Gasteiger partial charge in [0.15, 0.2) is 0 Å². The molecule has 68 valence electrons. The van der Waals surface area contributed by atoms with E-state index in [9.17, 15) is 4.79 Å². The molecule has 0 saturated carbocycles. The van der Waals surface area contributed by atoms with E-state index in [2.05, 4.69) is 23.9 Å². The third kappa shape index (κ3) is 17.6. The third-order valence-electron chi connectivity index (χ3n) is 1.01. The summed E-state index contributed by atoms with van der Waals surface area (Å²) >= 11 is 0. The molecule has 0 aromatic rings. The van der Waals surface area contributed by atoms with Crippen molar-refractivity contribution in [2.24, 2.45) is 0 Å². The number of carbonyl (C=O) groups is 1. The molecule has 0 aliphatic rings. The first-order valence-corrected chi connectivity index (χ1v) is 4.04. The molecule has 0 fully saturated rings. The van der Waals surface area contributed by atoms with Gasteiger partial charge in [-0.05, 0) is 6.92 Å². The number of methoxy groups -OCH3 is 1. The van der Waals surface area contributed by atoms with E-state index in [1.165, 1.54) is 20.0 Å². The van der Waals surface area contributed by atoms with Crippen LogP contribution in [0.15, 0.2) is 0 Å². The van der Waals surface area contributed by atoms with Crippen molar-refractivity contribution in [3.63, 3.8) is 0 Å². The Bertz CT molecular complexity index is 82.2. The van der Waals surface area contributed by atoms with Gasteiger partial charge in [0, 0.05) is 6.54 Å². The lowest BCUT2D eigenvalue weighted by atomic mass is 10.4. The van der Waals surface area contributed by atoms with Gasteiger partial charge >= 0.3 is 6.09 Å². The monoisotopic (exact) mass is 161 g/mol. The summed E-state index contributed by atoms with van der Waals surface area (Å²) in [4.78, 5) is 10.1. The zero-order chi connectivity index (χ0) is 9.11. The van der Waals surface area contributed by atoms with Gasteiger partial charge < -0.3 is 10.1 Å². The predicted octanol–water partition coefficient (Wildman–Crippen LogP) is 2.17. The summed E-state index contributed by atoms with van der Waals surface area (Å²) in [7, 11) is 1.34. The average molecular weight is 161 g/mol. The van der Waals surface area contributed by atoms with Crippen molar-refractivity contribution < 1.29 is 9.53 Å². The van der Waals surface area contributed by atoms with E-state index < -0.39 is 0 Å². The zero-order valence-corrected chi connectivity index (χ0v) is 7.94. The number of alkyl carbamates (subject to hydrolysis) is 1. The van der Waals surface area contributed by atoms with Gasteiger partial charge in [0.2, 0.25) is 0 Å². The highest BCUT2D eigenvalue weighted by Crippen LogP contribution is 1.76. The molecule has 0 aliphatic carbocycles. The van der Waals surface area contributed by atoms with Crippen molar-refractivity contribution in [1.29, 1.82) is 0 Å². The quantitative estimate of drug-likeness (QED) is 0.674. The minimum Gasteiger partial charge on any atom is -0.453 e. The summed E-state index contributed by atoms with van der Waals surface area (Å²) in [5.41, 5.74) is 0. The molecule has 1 amide bonds. The molecular formula is C8H19NO2. The molecule has 0 aliphatic heterocycles. The van der Waals surface area contributed by atoms with Crippen LogP contribution in [0.4, 0.5) is 4.79 Å². The molecule has 0 bridgehead atoms. The van der Waals surface area contributed by atoms with Crippen LogP contribution in [0.1, 0.15) is 33.6 Å². The number of nitrogens with one attached hydrogen (secondary N) is 1. The number of amides is 1. The Morgan fingerprint density at radius 2 is 1.73 bits per heavy atom. The number of ether oxygens (including phenoxy) is 1. The Labute approximate surface area is 69.1 Å². The Balaban J connectivity index is 0. The second kappa shape index (κ2) is 12.0. The Hall–Kier alpha value is -0.730. The minimum absolute atomic E-state index is 0.373. The van der Waals surface area contributed by atoms with E-state index in [-0.39, 0.29) is 6.09 Å². The van der Waals surface area contributed by atoms with Gasteiger partial charge in [-0.25, -0.2) is 4.79 Å². The third-order valence-corrected chi connectivity index (χ3v) is 1.01.